The Morgan fingerprint density at radius 2 is 2.08 bits per heavy atom. The average Bonchev–Trinajstić information content (AvgIpc) is 3.05. The number of rotatable bonds is 2. The van der Waals surface area contributed by atoms with Gasteiger partial charge in [0.25, 0.3) is 11.5 Å². The van der Waals surface area contributed by atoms with E-state index >= 15 is 0 Å². The lowest BCUT2D eigenvalue weighted by atomic mass is 9.83. The van der Waals surface area contributed by atoms with E-state index in [1.165, 1.54) is 0 Å². The zero-order valence-electron chi connectivity index (χ0n) is 14.1. The summed E-state index contributed by atoms with van der Waals surface area (Å²) in [7, 11) is 0. The van der Waals surface area contributed by atoms with Crippen LogP contribution in [0.5, 0.6) is 0 Å². The van der Waals surface area contributed by atoms with E-state index in [9.17, 15) is 9.59 Å². The molecule has 2 aliphatic rings. The number of carbonyl (C=O) groups is 1. The summed E-state index contributed by atoms with van der Waals surface area (Å²) in [5.41, 5.74) is 1.78. The molecule has 4 heterocycles. The quantitative estimate of drug-likeness (QED) is 0.847. The number of amides is 1. The predicted octanol–water partition coefficient (Wildman–Crippen LogP) is 1.89. The molecule has 0 N–H and O–H groups in total. The summed E-state index contributed by atoms with van der Waals surface area (Å²) in [5, 5.41) is 4.28. The Bertz CT molecular complexity index is 836. The number of nitrogens with zero attached hydrogens (tertiary/aromatic N) is 4. The van der Waals surface area contributed by atoms with Gasteiger partial charge in [0, 0.05) is 49.6 Å². The molecule has 2 aliphatic heterocycles. The maximum absolute atomic E-state index is 12.8. The van der Waals surface area contributed by atoms with Gasteiger partial charge in [0.05, 0.1) is 11.8 Å². The Morgan fingerprint density at radius 3 is 2.83 bits per heavy atom. The van der Waals surface area contributed by atoms with Gasteiger partial charge in [0.1, 0.15) is 0 Å². The molecule has 0 aliphatic carbocycles. The number of hydrogen-bond acceptors (Lipinski definition) is 3. The average molecular weight is 326 g/mol. The van der Waals surface area contributed by atoms with Crippen LogP contribution in [0.2, 0.25) is 0 Å². The van der Waals surface area contributed by atoms with E-state index in [2.05, 4.69) is 5.10 Å². The van der Waals surface area contributed by atoms with E-state index in [0.717, 1.165) is 12.1 Å². The molecule has 0 unspecified atom stereocenters. The van der Waals surface area contributed by atoms with E-state index in [1.807, 2.05) is 46.3 Å². The van der Waals surface area contributed by atoms with E-state index in [4.69, 9.17) is 0 Å². The minimum atomic E-state index is 0.0447. The highest BCUT2D eigenvalue weighted by atomic mass is 16.2. The highest BCUT2D eigenvalue weighted by Crippen LogP contribution is 2.35. The molecule has 0 radical (unpaired) electrons. The van der Waals surface area contributed by atoms with Crippen LogP contribution in [0.15, 0.2) is 35.4 Å². The third kappa shape index (κ3) is 2.46. The molecule has 2 atom stereocenters. The van der Waals surface area contributed by atoms with Gasteiger partial charge >= 0.3 is 0 Å². The van der Waals surface area contributed by atoms with Crippen molar-refractivity contribution < 1.29 is 4.79 Å². The first-order valence-corrected chi connectivity index (χ1v) is 8.56. The second-order valence-electron chi connectivity index (χ2n) is 7.21. The van der Waals surface area contributed by atoms with Gasteiger partial charge in [0.15, 0.2) is 0 Å². The van der Waals surface area contributed by atoms with E-state index in [-0.39, 0.29) is 23.4 Å². The third-order valence-corrected chi connectivity index (χ3v) is 5.14. The van der Waals surface area contributed by atoms with E-state index in [0.29, 0.717) is 31.1 Å². The molecule has 0 saturated carbocycles. The number of aromatic nitrogens is 3. The topological polar surface area (TPSA) is 60.1 Å². The molecule has 1 saturated heterocycles. The van der Waals surface area contributed by atoms with Crippen LogP contribution < -0.4 is 5.56 Å². The Balaban J connectivity index is 1.59. The molecule has 126 valence electrons. The van der Waals surface area contributed by atoms with Crippen molar-refractivity contribution >= 4 is 5.91 Å². The first-order valence-electron chi connectivity index (χ1n) is 8.56. The van der Waals surface area contributed by atoms with Gasteiger partial charge in [-0.15, -0.1) is 0 Å². The van der Waals surface area contributed by atoms with Crippen molar-refractivity contribution in [3.8, 4) is 0 Å². The summed E-state index contributed by atoms with van der Waals surface area (Å²) in [6, 6.07) is 5.70. The van der Waals surface area contributed by atoms with Crippen LogP contribution in [0.25, 0.3) is 0 Å². The summed E-state index contributed by atoms with van der Waals surface area (Å²) < 4.78 is 3.70. The minimum Gasteiger partial charge on any atom is -0.338 e. The van der Waals surface area contributed by atoms with E-state index in [1.54, 1.807) is 12.3 Å². The number of fused-ring (bicyclic) bond motifs is 4. The van der Waals surface area contributed by atoms with Crippen molar-refractivity contribution in [3.05, 3.63) is 52.2 Å². The van der Waals surface area contributed by atoms with Crippen LogP contribution in [0, 0.1) is 5.92 Å². The second-order valence-corrected chi connectivity index (χ2v) is 7.21. The fraction of sp³-hybridized carbons (Fsp3) is 0.500. The van der Waals surface area contributed by atoms with Crippen LogP contribution in [-0.4, -0.2) is 38.2 Å². The molecule has 1 amide bonds. The summed E-state index contributed by atoms with van der Waals surface area (Å²) >= 11 is 0. The lowest BCUT2D eigenvalue weighted by Crippen LogP contribution is -2.49. The molecule has 4 rings (SSSR count). The van der Waals surface area contributed by atoms with Gasteiger partial charge in [-0.2, -0.15) is 5.10 Å². The molecule has 0 spiro atoms. The van der Waals surface area contributed by atoms with Gasteiger partial charge < -0.3 is 9.47 Å². The second kappa shape index (κ2) is 5.61. The minimum absolute atomic E-state index is 0.0447. The smallest absolute Gasteiger partial charge is 0.257 e. The van der Waals surface area contributed by atoms with Crippen LogP contribution in [0.4, 0.5) is 0 Å². The summed E-state index contributed by atoms with van der Waals surface area (Å²) in [4.78, 5) is 26.9. The molecule has 1 fully saturated rings. The summed E-state index contributed by atoms with van der Waals surface area (Å²) in [5.74, 6) is 0.638. The van der Waals surface area contributed by atoms with Crippen molar-refractivity contribution in [1.29, 1.82) is 0 Å². The number of piperidine rings is 1. The predicted molar refractivity (Wildman–Crippen MR) is 90.1 cm³/mol. The van der Waals surface area contributed by atoms with Crippen molar-refractivity contribution in [3.63, 3.8) is 0 Å². The van der Waals surface area contributed by atoms with Crippen LogP contribution in [0.3, 0.4) is 0 Å². The Kier molecular flexibility index (Phi) is 3.55. The molecule has 2 aromatic heterocycles. The zero-order valence-corrected chi connectivity index (χ0v) is 14.1. The lowest BCUT2D eigenvalue weighted by Gasteiger charge is -2.42. The molecule has 2 aromatic rings. The third-order valence-electron chi connectivity index (χ3n) is 5.14. The zero-order chi connectivity index (χ0) is 16.8. The van der Waals surface area contributed by atoms with Crippen molar-refractivity contribution in [2.24, 2.45) is 5.92 Å². The maximum Gasteiger partial charge on any atom is 0.257 e. The highest BCUT2D eigenvalue weighted by molar-refractivity contribution is 5.93. The first kappa shape index (κ1) is 15.2. The Morgan fingerprint density at radius 1 is 1.25 bits per heavy atom. The monoisotopic (exact) mass is 326 g/mol. The van der Waals surface area contributed by atoms with Gasteiger partial charge in [-0.3, -0.25) is 14.3 Å². The fourth-order valence-electron chi connectivity index (χ4n) is 3.98. The Hall–Kier alpha value is -2.37. The van der Waals surface area contributed by atoms with Crippen LogP contribution >= 0.6 is 0 Å². The molecular formula is C18H22N4O2. The number of pyridine rings is 1. The standard InChI is InChI=1S/C18H22N4O2/c1-12(2)22-11-15(7-19-22)18(24)20-8-13-6-14(10-20)16-4-3-5-17(23)21(16)9-13/h3-5,7,11-14H,6,8-10H2,1-2H3/t13-,14+/m1/s1. The molecule has 6 heteroatoms. The Labute approximate surface area is 140 Å². The largest absolute Gasteiger partial charge is 0.338 e. The molecule has 0 aromatic carbocycles. The summed E-state index contributed by atoms with van der Waals surface area (Å²) in [6.07, 6.45) is 4.54. The maximum atomic E-state index is 12.8. The normalized spacial score (nSPS) is 22.5. The van der Waals surface area contributed by atoms with Crippen molar-refractivity contribution in [2.45, 2.75) is 38.8 Å². The van der Waals surface area contributed by atoms with E-state index < -0.39 is 0 Å². The highest BCUT2D eigenvalue weighted by Gasteiger charge is 2.36. The molecule has 2 bridgehead atoms. The number of likely N-dealkylation sites (tertiary alicyclic amines) is 1. The number of carbonyl (C=O) groups excluding carboxylic acids is 1. The lowest BCUT2D eigenvalue weighted by molar-refractivity contribution is 0.0594. The molecule has 24 heavy (non-hydrogen) atoms. The van der Waals surface area contributed by atoms with Gasteiger partial charge in [-0.05, 0) is 32.3 Å². The number of hydrogen-bond donors (Lipinski definition) is 0. The van der Waals surface area contributed by atoms with Crippen molar-refractivity contribution in [1.82, 2.24) is 19.2 Å². The SMILES string of the molecule is CC(C)n1cc(C(=O)N2C[C@H]3C[C@@H](C2)c2cccc(=O)n2C3)cn1. The molecule has 6 nitrogen and oxygen atoms in total. The molecular weight excluding hydrogens is 304 g/mol. The fourth-order valence-corrected chi connectivity index (χ4v) is 3.98. The van der Waals surface area contributed by atoms with Gasteiger partial charge in [0.2, 0.25) is 0 Å². The summed E-state index contributed by atoms with van der Waals surface area (Å²) in [6.45, 7) is 6.18. The van der Waals surface area contributed by atoms with Gasteiger partial charge in [-0.25, -0.2) is 0 Å². The van der Waals surface area contributed by atoms with Crippen LogP contribution in [-0.2, 0) is 6.54 Å². The van der Waals surface area contributed by atoms with Crippen LogP contribution in [0.1, 0.15) is 48.3 Å². The van der Waals surface area contributed by atoms with Gasteiger partial charge in [-0.1, -0.05) is 6.07 Å². The van der Waals surface area contributed by atoms with Crippen molar-refractivity contribution in [2.75, 3.05) is 13.1 Å². The first-order chi connectivity index (χ1) is 11.5.